The summed E-state index contributed by atoms with van der Waals surface area (Å²) in [6.07, 6.45) is 0.904. The quantitative estimate of drug-likeness (QED) is 0.594. The van der Waals surface area contributed by atoms with Crippen molar-refractivity contribution in [1.29, 1.82) is 0 Å². The maximum absolute atomic E-state index is 10.6. The Kier molecular flexibility index (Phi) is 3.52. The molecule has 0 heterocycles. The van der Waals surface area contributed by atoms with Crippen LogP contribution in [0.4, 0.5) is 0 Å². The smallest absolute Gasteiger partial charge is 0.0296 e. The summed E-state index contributed by atoms with van der Waals surface area (Å²) in [6, 6.07) is 0. The average Bonchev–Trinajstić information content (AvgIpc) is 1.86. The van der Waals surface area contributed by atoms with Crippen molar-refractivity contribution in [2.75, 3.05) is 0 Å². The van der Waals surface area contributed by atoms with Crippen molar-refractivity contribution in [3.8, 4) is 0 Å². The number of hydrogen-bond acceptors (Lipinski definition) is 2. The first-order valence-corrected chi connectivity index (χ1v) is 4.59. The van der Waals surface area contributed by atoms with Gasteiger partial charge in [0.2, 0.25) is 0 Å². The third kappa shape index (κ3) is 2.06. The van der Waals surface area contributed by atoms with Crippen molar-refractivity contribution >= 4 is 11.1 Å². The van der Waals surface area contributed by atoms with E-state index in [2.05, 4.69) is 0 Å². The predicted octanol–water partition coefficient (Wildman–Crippen LogP) is 1.69. The van der Waals surface area contributed by atoms with E-state index in [1.807, 2.05) is 13.8 Å². The van der Waals surface area contributed by atoms with Gasteiger partial charge in [-0.05, 0) is 30.8 Å². The molecule has 0 amide bonds. The van der Waals surface area contributed by atoms with Crippen molar-refractivity contribution in [1.82, 2.24) is 0 Å². The molecule has 3 heteroatoms. The Bertz CT molecular complexity index is 132. The molecule has 2 unspecified atom stereocenters. The lowest BCUT2D eigenvalue weighted by molar-refractivity contribution is 0.398. The molecule has 0 saturated heterocycles. The topological polar surface area (TPSA) is 40.1 Å². The van der Waals surface area contributed by atoms with Crippen LogP contribution in [0.3, 0.4) is 0 Å². The molecule has 62 valence electrons. The average molecular weight is 163 g/mol. The van der Waals surface area contributed by atoms with Gasteiger partial charge in [-0.1, -0.05) is 20.3 Å². The van der Waals surface area contributed by atoms with Crippen LogP contribution in [-0.4, -0.2) is 13.5 Å². The molecule has 0 aliphatic rings. The maximum Gasteiger partial charge on any atom is 0.0296 e. The van der Waals surface area contributed by atoms with Crippen LogP contribution in [0.25, 0.3) is 0 Å². The van der Waals surface area contributed by atoms with Gasteiger partial charge in [0.05, 0.1) is 0 Å². The van der Waals surface area contributed by atoms with E-state index < -0.39 is 15.8 Å². The van der Waals surface area contributed by atoms with Gasteiger partial charge in [0.25, 0.3) is 0 Å². The summed E-state index contributed by atoms with van der Waals surface area (Å²) >= 11 is -1.96. The Morgan fingerprint density at radius 1 is 1.60 bits per heavy atom. The van der Waals surface area contributed by atoms with Crippen molar-refractivity contribution in [3.63, 3.8) is 0 Å². The van der Waals surface area contributed by atoms with Gasteiger partial charge in [-0.2, -0.15) is 0 Å². The molecule has 0 aromatic heterocycles. The van der Waals surface area contributed by atoms with E-state index in [1.54, 1.807) is 13.8 Å². The summed E-state index contributed by atoms with van der Waals surface area (Å²) in [5.41, 5.74) is 0. The number of rotatable bonds is 3. The largest absolute Gasteiger partial charge is 0.772 e. The van der Waals surface area contributed by atoms with E-state index in [0.29, 0.717) is 0 Å². The zero-order valence-corrected chi connectivity index (χ0v) is 7.83. The fourth-order valence-electron chi connectivity index (χ4n) is 0.656. The van der Waals surface area contributed by atoms with Crippen molar-refractivity contribution in [2.24, 2.45) is 5.92 Å². The standard InChI is InChI=1S/C7H16O2S/c1-5-6(2)7(3,4)10(8)9/h6H,5H2,1-4H3,(H,8,9)/p-1. The van der Waals surface area contributed by atoms with E-state index >= 15 is 0 Å². The normalized spacial score (nSPS) is 18.5. The fourth-order valence-corrected chi connectivity index (χ4v) is 1.15. The van der Waals surface area contributed by atoms with Crippen LogP contribution in [0.2, 0.25) is 0 Å². The molecule has 0 spiro atoms. The van der Waals surface area contributed by atoms with Gasteiger partial charge in [0.15, 0.2) is 0 Å². The van der Waals surface area contributed by atoms with E-state index in [1.165, 1.54) is 0 Å². The molecule has 0 saturated carbocycles. The minimum Gasteiger partial charge on any atom is -0.772 e. The predicted molar refractivity (Wildman–Crippen MR) is 42.5 cm³/mol. The summed E-state index contributed by atoms with van der Waals surface area (Å²) in [7, 11) is 0. The molecule has 0 radical (unpaired) electrons. The molecule has 2 atom stereocenters. The second-order valence-corrected chi connectivity index (χ2v) is 4.67. The van der Waals surface area contributed by atoms with Crippen molar-refractivity contribution in [3.05, 3.63) is 0 Å². The maximum atomic E-state index is 10.6. The van der Waals surface area contributed by atoms with Crippen LogP contribution in [0.15, 0.2) is 0 Å². The molecule has 0 aromatic carbocycles. The first-order valence-electron chi connectivity index (χ1n) is 3.52. The molecule has 0 bridgehead atoms. The summed E-state index contributed by atoms with van der Waals surface area (Å²) in [4.78, 5) is 0. The molecule has 0 N–H and O–H groups in total. The first kappa shape index (κ1) is 10.1. The minimum atomic E-state index is -1.96. The van der Waals surface area contributed by atoms with Gasteiger partial charge < -0.3 is 4.55 Å². The van der Waals surface area contributed by atoms with E-state index in [9.17, 15) is 8.76 Å². The first-order chi connectivity index (χ1) is 4.42. The van der Waals surface area contributed by atoms with Gasteiger partial charge in [-0.25, -0.2) is 0 Å². The summed E-state index contributed by atoms with van der Waals surface area (Å²) in [5, 5.41) is 0. The summed E-state index contributed by atoms with van der Waals surface area (Å²) in [5.74, 6) is 0.228. The van der Waals surface area contributed by atoms with Crippen LogP contribution in [0.1, 0.15) is 34.1 Å². The highest BCUT2D eigenvalue weighted by Crippen LogP contribution is 2.24. The third-order valence-corrected chi connectivity index (χ3v) is 3.49. The van der Waals surface area contributed by atoms with E-state index in [-0.39, 0.29) is 5.92 Å². The Morgan fingerprint density at radius 3 is 2.10 bits per heavy atom. The van der Waals surface area contributed by atoms with E-state index in [4.69, 9.17) is 0 Å². The molecule has 0 aromatic rings. The zero-order valence-electron chi connectivity index (χ0n) is 7.01. The lowest BCUT2D eigenvalue weighted by Gasteiger charge is -2.33. The second kappa shape index (κ2) is 3.49. The molecule has 10 heavy (non-hydrogen) atoms. The summed E-state index contributed by atoms with van der Waals surface area (Å²) in [6.45, 7) is 7.46. The monoisotopic (exact) mass is 163 g/mol. The molecule has 0 aliphatic heterocycles. The van der Waals surface area contributed by atoms with Crippen LogP contribution < -0.4 is 0 Å². The third-order valence-electron chi connectivity index (χ3n) is 2.23. The Morgan fingerprint density at radius 2 is 2.00 bits per heavy atom. The molecule has 0 fully saturated rings. The van der Waals surface area contributed by atoms with Crippen LogP contribution in [-0.2, 0) is 11.1 Å². The Labute approximate surface area is 65.3 Å². The van der Waals surface area contributed by atoms with Crippen LogP contribution in [0, 0.1) is 5.92 Å². The van der Waals surface area contributed by atoms with Crippen molar-refractivity contribution < 1.29 is 8.76 Å². The molecular weight excluding hydrogens is 148 g/mol. The molecule has 0 rings (SSSR count). The molecule has 2 nitrogen and oxygen atoms in total. The van der Waals surface area contributed by atoms with Gasteiger partial charge in [-0.3, -0.25) is 4.21 Å². The van der Waals surface area contributed by atoms with Gasteiger partial charge >= 0.3 is 0 Å². The minimum absolute atomic E-state index is 0.228. The highest BCUT2D eigenvalue weighted by atomic mass is 32.2. The zero-order chi connectivity index (χ0) is 8.36. The van der Waals surface area contributed by atoms with Crippen molar-refractivity contribution in [2.45, 2.75) is 38.9 Å². The SMILES string of the molecule is CCC(C)C(C)(C)S(=O)[O-]. The number of hydrogen-bond donors (Lipinski definition) is 0. The van der Waals surface area contributed by atoms with Gasteiger partial charge in [0, 0.05) is 4.75 Å². The van der Waals surface area contributed by atoms with E-state index in [0.717, 1.165) is 6.42 Å². The fraction of sp³-hybridized carbons (Fsp3) is 1.00. The Balaban J connectivity index is 4.23. The highest BCUT2D eigenvalue weighted by molar-refractivity contribution is 7.80. The van der Waals surface area contributed by atoms with Crippen LogP contribution in [0.5, 0.6) is 0 Å². The van der Waals surface area contributed by atoms with Gasteiger partial charge in [0.1, 0.15) is 0 Å². The lowest BCUT2D eigenvalue weighted by Crippen LogP contribution is -2.33. The Hall–Kier alpha value is 0.110. The van der Waals surface area contributed by atoms with Gasteiger partial charge in [-0.15, -0.1) is 0 Å². The summed E-state index contributed by atoms with van der Waals surface area (Å²) < 4.78 is 20.7. The highest BCUT2D eigenvalue weighted by Gasteiger charge is 2.25. The lowest BCUT2D eigenvalue weighted by atomic mass is 9.95. The molecular formula is C7H15O2S-. The molecule has 0 aliphatic carbocycles. The van der Waals surface area contributed by atoms with Crippen LogP contribution >= 0.6 is 0 Å². The second-order valence-electron chi connectivity index (χ2n) is 3.15.